The predicted molar refractivity (Wildman–Crippen MR) is 95.0 cm³/mol. The van der Waals surface area contributed by atoms with E-state index in [2.05, 4.69) is 10.2 Å². The number of hydrogen-bond donors (Lipinski definition) is 1. The van der Waals surface area contributed by atoms with Gasteiger partial charge in [-0.15, -0.1) is 0 Å². The van der Waals surface area contributed by atoms with Gasteiger partial charge in [0.2, 0.25) is 0 Å². The lowest BCUT2D eigenvalue weighted by Crippen LogP contribution is -2.36. The van der Waals surface area contributed by atoms with Crippen LogP contribution in [0.5, 0.6) is 5.75 Å². The number of carbonyl (C=O) groups is 1. The van der Waals surface area contributed by atoms with Gasteiger partial charge in [0.1, 0.15) is 5.75 Å². The van der Waals surface area contributed by atoms with Crippen molar-refractivity contribution in [1.82, 2.24) is 0 Å². The van der Waals surface area contributed by atoms with Crippen molar-refractivity contribution >= 4 is 17.3 Å². The average molecular weight is 326 g/mol. The molecule has 3 rings (SSSR count). The highest BCUT2D eigenvalue weighted by Gasteiger charge is 2.16. The minimum atomic E-state index is -0.126. The number of carbonyl (C=O) groups excluding carboxylic acids is 1. The molecule has 0 saturated carbocycles. The molecule has 5 nitrogen and oxygen atoms in total. The van der Waals surface area contributed by atoms with Gasteiger partial charge in [-0.3, -0.25) is 4.79 Å². The lowest BCUT2D eigenvalue weighted by atomic mass is 10.2. The molecule has 0 bridgehead atoms. The van der Waals surface area contributed by atoms with Gasteiger partial charge in [-0.1, -0.05) is 12.1 Å². The van der Waals surface area contributed by atoms with Crippen LogP contribution in [0.1, 0.15) is 17.3 Å². The minimum Gasteiger partial charge on any atom is -0.494 e. The fourth-order valence-corrected chi connectivity index (χ4v) is 2.72. The van der Waals surface area contributed by atoms with Crippen molar-refractivity contribution in [2.75, 3.05) is 43.1 Å². The molecule has 0 aromatic heterocycles. The van der Waals surface area contributed by atoms with E-state index in [4.69, 9.17) is 9.47 Å². The first-order chi connectivity index (χ1) is 11.8. The van der Waals surface area contributed by atoms with Crippen LogP contribution in [0.25, 0.3) is 0 Å². The smallest absolute Gasteiger partial charge is 0.255 e. The number of benzene rings is 2. The summed E-state index contributed by atoms with van der Waals surface area (Å²) in [7, 11) is 0. The summed E-state index contributed by atoms with van der Waals surface area (Å²) in [5, 5.41) is 3.01. The van der Waals surface area contributed by atoms with Gasteiger partial charge in [-0.25, -0.2) is 0 Å². The second kappa shape index (κ2) is 7.84. The maximum atomic E-state index is 12.5. The summed E-state index contributed by atoms with van der Waals surface area (Å²) in [6.07, 6.45) is 0. The van der Waals surface area contributed by atoms with Crippen LogP contribution in [-0.2, 0) is 4.74 Å². The quantitative estimate of drug-likeness (QED) is 0.917. The standard InChI is InChI=1S/C19H22N2O3/c1-2-24-16-9-7-15(8-10-16)19(22)20-17-5-3-4-6-18(17)21-11-13-23-14-12-21/h3-10H,2,11-14H2,1H3,(H,20,22). The molecule has 1 fully saturated rings. The van der Waals surface area contributed by atoms with Gasteiger partial charge in [0.05, 0.1) is 31.2 Å². The van der Waals surface area contributed by atoms with Crippen molar-refractivity contribution in [2.24, 2.45) is 0 Å². The van der Waals surface area contributed by atoms with Crippen molar-refractivity contribution < 1.29 is 14.3 Å². The highest BCUT2D eigenvalue weighted by Crippen LogP contribution is 2.27. The molecule has 24 heavy (non-hydrogen) atoms. The molecular formula is C19H22N2O3. The van der Waals surface area contributed by atoms with Crippen molar-refractivity contribution in [3.8, 4) is 5.75 Å². The van der Waals surface area contributed by atoms with Crippen molar-refractivity contribution in [3.05, 3.63) is 54.1 Å². The second-order valence-corrected chi connectivity index (χ2v) is 5.53. The molecule has 0 aliphatic carbocycles. The molecule has 1 heterocycles. The number of amides is 1. The Kier molecular flexibility index (Phi) is 5.33. The van der Waals surface area contributed by atoms with Crippen LogP contribution < -0.4 is 15.0 Å². The summed E-state index contributed by atoms with van der Waals surface area (Å²) in [4.78, 5) is 14.8. The lowest BCUT2D eigenvalue weighted by molar-refractivity contribution is 0.102. The summed E-state index contributed by atoms with van der Waals surface area (Å²) in [5.74, 6) is 0.640. The van der Waals surface area contributed by atoms with Gasteiger partial charge in [0.25, 0.3) is 5.91 Å². The van der Waals surface area contributed by atoms with Crippen LogP contribution in [0.3, 0.4) is 0 Å². The Labute approximate surface area is 142 Å². The van der Waals surface area contributed by atoms with Crippen molar-refractivity contribution in [3.63, 3.8) is 0 Å². The Balaban J connectivity index is 1.74. The number of nitrogens with one attached hydrogen (secondary N) is 1. The Morgan fingerprint density at radius 3 is 2.54 bits per heavy atom. The predicted octanol–water partition coefficient (Wildman–Crippen LogP) is 3.17. The first-order valence-electron chi connectivity index (χ1n) is 8.24. The third-order valence-electron chi connectivity index (χ3n) is 3.93. The molecule has 1 amide bonds. The van der Waals surface area contributed by atoms with Crippen LogP contribution in [-0.4, -0.2) is 38.8 Å². The van der Waals surface area contributed by atoms with Crippen LogP contribution >= 0.6 is 0 Å². The number of rotatable bonds is 5. The third-order valence-corrected chi connectivity index (χ3v) is 3.93. The summed E-state index contributed by atoms with van der Waals surface area (Å²) in [5.41, 5.74) is 2.45. The maximum absolute atomic E-state index is 12.5. The first kappa shape index (κ1) is 16.3. The molecule has 1 aliphatic heterocycles. The van der Waals surface area contributed by atoms with E-state index in [0.717, 1.165) is 30.2 Å². The lowest BCUT2D eigenvalue weighted by Gasteiger charge is -2.30. The topological polar surface area (TPSA) is 50.8 Å². The van der Waals surface area contributed by atoms with Gasteiger partial charge < -0.3 is 19.7 Å². The molecule has 0 spiro atoms. The van der Waals surface area contributed by atoms with Gasteiger partial charge >= 0.3 is 0 Å². The van der Waals surface area contributed by atoms with Crippen LogP contribution in [0.4, 0.5) is 11.4 Å². The van der Waals surface area contributed by atoms with Crippen LogP contribution in [0.15, 0.2) is 48.5 Å². The molecular weight excluding hydrogens is 304 g/mol. The molecule has 5 heteroatoms. The van der Waals surface area contributed by atoms with Gasteiger partial charge in [0, 0.05) is 18.7 Å². The van der Waals surface area contributed by atoms with Crippen LogP contribution in [0, 0.1) is 0 Å². The first-order valence-corrected chi connectivity index (χ1v) is 8.24. The van der Waals surface area contributed by atoms with E-state index in [-0.39, 0.29) is 5.91 Å². The molecule has 1 saturated heterocycles. The third kappa shape index (κ3) is 3.86. The van der Waals surface area contributed by atoms with Gasteiger partial charge in [-0.2, -0.15) is 0 Å². The summed E-state index contributed by atoms with van der Waals surface area (Å²) >= 11 is 0. The number of hydrogen-bond acceptors (Lipinski definition) is 4. The van der Waals surface area contributed by atoms with Crippen LogP contribution in [0.2, 0.25) is 0 Å². The Bertz CT molecular complexity index is 679. The molecule has 2 aromatic carbocycles. The second-order valence-electron chi connectivity index (χ2n) is 5.53. The van der Waals surface area contributed by atoms with E-state index in [1.165, 1.54) is 0 Å². The normalized spacial score (nSPS) is 14.3. The van der Waals surface area contributed by atoms with Gasteiger partial charge in [0.15, 0.2) is 0 Å². The van der Waals surface area contributed by atoms with Gasteiger partial charge in [-0.05, 0) is 43.3 Å². The van der Waals surface area contributed by atoms with E-state index in [0.29, 0.717) is 25.4 Å². The maximum Gasteiger partial charge on any atom is 0.255 e. The number of morpholine rings is 1. The number of nitrogens with zero attached hydrogens (tertiary/aromatic N) is 1. The monoisotopic (exact) mass is 326 g/mol. The van der Waals surface area contributed by atoms with E-state index in [1.54, 1.807) is 12.1 Å². The molecule has 1 N–H and O–H groups in total. The van der Waals surface area contributed by atoms with E-state index < -0.39 is 0 Å². The Morgan fingerprint density at radius 2 is 1.83 bits per heavy atom. The Morgan fingerprint density at radius 1 is 1.12 bits per heavy atom. The summed E-state index contributed by atoms with van der Waals surface area (Å²) < 4.78 is 10.8. The summed E-state index contributed by atoms with van der Waals surface area (Å²) in [6, 6.07) is 15.0. The SMILES string of the molecule is CCOc1ccc(C(=O)Nc2ccccc2N2CCOCC2)cc1. The summed E-state index contributed by atoms with van der Waals surface area (Å²) in [6.45, 7) is 5.62. The van der Waals surface area contributed by atoms with E-state index >= 15 is 0 Å². The average Bonchev–Trinajstić information content (AvgIpc) is 2.64. The molecule has 0 atom stereocenters. The zero-order valence-corrected chi connectivity index (χ0v) is 13.8. The zero-order chi connectivity index (χ0) is 16.8. The highest BCUT2D eigenvalue weighted by atomic mass is 16.5. The molecule has 0 unspecified atom stereocenters. The minimum absolute atomic E-state index is 0.126. The molecule has 126 valence electrons. The molecule has 1 aliphatic rings. The number of para-hydroxylation sites is 2. The number of ether oxygens (including phenoxy) is 2. The fraction of sp³-hybridized carbons (Fsp3) is 0.316. The Hall–Kier alpha value is -2.53. The zero-order valence-electron chi connectivity index (χ0n) is 13.8. The number of anilines is 2. The fourth-order valence-electron chi connectivity index (χ4n) is 2.72. The molecule has 2 aromatic rings. The highest BCUT2D eigenvalue weighted by molar-refractivity contribution is 6.06. The molecule has 0 radical (unpaired) electrons. The van der Waals surface area contributed by atoms with E-state index in [1.807, 2.05) is 43.3 Å². The largest absolute Gasteiger partial charge is 0.494 e. The van der Waals surface area contributed by atoms with Crippen molar-refractivity contribution in [1.29, 1.82) is 0 Å². The van der Waals surface area contributed by atoms with E-state index in [9.17, 15) is 4.79 Å². The van der Waals surface area contributed by atoms with Crippen molar-refractivity contribution in [2.45, 2.75) is 6.92 Å².